The maximum atomic E-state index is 5.31. The highest BCUT2D eigenvalue weighted by molar-refractivity contribution is 5.98. The quantitative estimate of drug-likeness (QED) is 0.418. The van der Waals surface area contributed by atoms with E-state index in [1.165, 1.54) is 0 Å². The zero-order chi connectivity index (χ0) is 11.3. The fourth-order valence-corrected chi connectivity index (χ4v) is 1.08. The van der Waals surface area contributed by atoms with E-state index in [0.29, 0.717) is 11.7 Å². The van der Waals surface area contributed by atoms with Crippen molar-refractivity contribution in [2.75, 3.05) is 12.4 Å². The number of anilines is 1. The van der Waals surface area contributed by atoms with E-state index in [9.17, 15) is 0 Å². The number of hydrogen-bond donors (Lipinski definition) is 1. The van der Waals surface area contributed by atoms with E-state index in [2.05, 4.69) is 26.3 Å². The molecule has 0 saturated heterocycles. The lowest BCUT2D eigenvalue weighted by Gasteiger charge is -2.01. The summed E-state index contributed by atoms with van der Waals surface area (Å²) in [6, 6.07) is 0. The molecular weight excluding hydrogens is 190 g/mol. The van der Waals surface area contributed by atoms with Crippen LogP contribution >= 0.6 is 0 Å². The predicted octanol–water partition coefficient (Wildman–Crippen LogP) is 0.890. The van der Waals surface area contributed by atoms with Gasteiger partial charge in [0.05, 0.1) is 5.69 Å². The molecule has 15 heavy (non-hydrogen) atoms. The van der Waals surface area contributed by atoms with Crippen molar-refractivity contribution < 1.29 is 0 Å². The van der Waals surface area contributed by atoms with Crippen LogP contribution in [0.3, 0.4) is 0 Å². The third kappa shape index (κ3) is 2.68. The van der Waals surface area contributed by atoms with E-state index in [1.54, 1.807) is 31.2 Å². The molecular formula is C10H13N5. The van der Waals surface area contributed by atoms with E-state index < -0.39 is 0 Å². The van der Waals surface area contributed by atoms with Gasteiger partial charge in [0.1, 0.15) is 0 Å². The van der Waals surface area contributed by atoms with Gasteiger partial charge in [-0.25, -0.2) is 4.99 Å². The minimum absolute atomic E-state index is 0.502. The predicted molar refractivity (Wildman–Crippen MR) is 62.3 cm³/mol. The Balaban J connectivity index is 2.94. The number of aryl methyl sites for hydroxylation is 1. The molecule has 0 aromatic carbocycles. The van der Waals surface area contributed by atoms with Gasteiger partial charge < -0.3 is 5.32 Å². The van der Waals surface area contributed by atoms with Crippen molar-refractivity contribution in [2.45, 2.75) is 6.92 Å². The molecule has 0 fully saturated rings. The van der Waals surface area contributed by atoms with Crippen LogP contribution in [0.5, 0.6) is 0 Å². The minimum atomic E-state index is 0.502. The van der Waals surface area contributed by atoms with Crippen molar-refractivity contribution in [1.82, 2.24) is 9.78 Å². The van der Waals surface area contributed by atoms with Crippen LogP contribution in [-0.2, 0) is 7.05 Å². The first kappa shape index (κ1) is 11.0. The highest BCUT2D eigenvalue weighted by Crippen LogP contribution is 2.11. The van der Waals surface area contributed by atoms with Gasteiger partial charge in [-0.3, -0.25) is 9.67 Å². The molecule has 0 aliphatic rings. The van der Waals surface area contributed by atoms with Crippen molar-refractivity contribution >= 4 is 17.9 Å². The number of nitrogens with one attached hydrogen (secondary N) is 1. The number of aliphatic imine (C=N–C) groups is 2. The topological polar surface area (TPSA) is 54.6 Å². The van der Waals surface area contributed by atoms with E-state index in [1.807, 2.05) is 6.92 Å². The Kier molecular flexibility index (Phi) is 3.63. The first-order chi connectivity index (χ1) is 7.21. The molecule has 1 heterocycles. The van der Waals surface area contributed by atoms with Crippen molar-refractivity contribution in [3.63, 3.8) is 0 Å². The smallest absolute Gasteiger partial charge is 0.221 e. The summed E-state index contributed by atoms with van der Waals surface area (Å²) in [5.74, 6) is 2.99. The number of nitrogens with zero attached hydrogens (tertiary/aromatic N) is 4. The van der Waals surface area contributed by atoms with Gasteiger partial charge >= 0.3 is 0 Å². The summed E-state index contributed by atoms with van der Waals surface area (Å²) in [6.45, 7) is 1.82. The van der Waals surface area contributed by atoms with Crippen molar-refractivity contribution in [3.8, 4) is 12.3 Å². The first-order valence-corrected chi connectivity index (χ1v) is 4.44. The molecule has 0 saturated carbocycles. The maximum Gasteiger partial charge on any atom is 0.221 e. The summed E-state index contributed by atoms with van der Waals surface area (Å²) < 4.78 is 1.64. The van der Waals surface area contributed by atoms with Gasteiger partial charge in [-0.05, 0) is 12.8 Å². The fourth-order valence-electron chi connectivity index (χ4n) is 1.08. The standard InChI is InChI=1S/C10H13N5/c1-5-8-9(7-15(4)14-8)13-10(11-3)12-6-2/h1,6-7H,2-4H3,(H,11,13)/b12-6-. The second-order valence-electron chi connectivity index (χ2n) is 2.77. The molecule has 1 aromatic heterocycles. The summed E-state index contributed by atoms with van der Waals surface area (Å²) in [5.41, 5.74) is 1.27. The lowest BCUT2D eigenvalue weighted by molar-refractivity contribution is 0.764. The zero-order valence-electron chi connectivity index (χ0n) is 9.02. The van der Waals surface area contributed by atoms with Crippen LogP contribution < -0.4 is 5.32 Å². The van der Waals surface area contributed by atoms with Gasteiger partial charge in [0.15, 0.2) is 5.69 Å². The lowest BCUT2D eigenvalue weighted by Crippen LogP contribution is -2.09. The third-order valence-corrected chi connectivity index (χ3v) is 1.68. The summed E-state index contributed by atoms with van der Waals surface area (Å²) in [6.07, 6.45) is 8.75. The van der Waals surface area contributed by atoms with Crippen LogP contribution in [0.15, 0.2) is 16.2 Å². The highest BCUT2D eigenvalue weighted by atomic mass is 15.3. The van der Waals surface area contributed by atoms with Gasteiger partial charge in [-0.1, -0.05) is 0 Å². The minimum Gasteiger partial charge on any atom is -0.321 e. The molecule has 0 aliphatic carbocycles. The second kappa shape index (κ2) is 4.96. The maximum absolute atomic E-state index is 5.31. The first-order valence-electron chi connectivity index (χ1n) is 4.44. The summed E-state index contributed by atoms with van der Waals surface area (Å²) in [4.78, 5) is 7.99. The lowest BCUT2D eigenvalue weighted by atomic mass is 10.4. The molecule has 0 atom stereocenters. The second-order valence-corrected chi connectivity index (χ2v) is 2.77. The highest BCUT2D eigenvalue weighted by Gasteiger charge is 2.06. The number of aromatic nitrogens is 2. The zero-order valence-corrected chi connectivity index (χ0v) is 9.02. The Morgan fingerprint density at radius 2 is 2.47 bits per heavy atom. The van der Waals surface area contributed by atoms with Crippen LogP contribution in [-0.4, -0.2) is 29.0 Å². The van der Waals surface area contributed by atoms with Crippen molar-refractivity contribution in [1.29, 1.82) is 0 Å². The summed E-state index contributed by atoms with van der Waals surface area (Å²) in [5, 5.41) is 7.08. The van der Waals surface area contributed by atoms with E-state index in [4.69, 9.17) is 6.42 Å². The molecule has 1 rings (SSSR count). The molecule has 1 aromatic rings. The van der Waals surface area contributed by atoms with Crippen molar-refractivity contribution in [3.05, 3.63) is 11.9 Å². The molecule has 0 amide bonds. The number of terminal acetylenes is 1. The fraction of sp³-hybridized carbons (Fsp3) is 0.300. The largest absolute Gasteiger partial charge is 0.321 e. The Labute approximate surface area is 88.9 Å². The van der Waals surface area contributed by atoms with Crippen molar-refractivity contribution in [2.24, 2.45) is 17.0 Å². The van der Waals surface area contributed by atoms with Crippen LogP contribution in [0.2, 0.25) is 0 Å². The molecule has 78 valence electrons. The Bertz CT molecular complexity index is 433. The number of rotatable bonds is 1. The summed E-state index contributed by atoms with van der Waals surface area (Å²) in [7, 11) is 3.46. The average molecular weight is 203 g/mol. The Hall–Kier alpha value is -2.09. The van der Waals surface area contributed by atoms with E-state index in [0.717, 1.165) is 5.69 Å². The van der Waals surface area contributed by atoms with Crippen LogP contribution in [0.4, 0.5) is 5.69 Å². The van der Waals surface area contributed by atoms with E-state index in [-0.39, 0.29) is 0 Å². The van der Waals surface area contributed by atoms with Crippen LogP contribution in [0, 0.1) is 12.3 Å². The molecule has 0 spiro atoms. The van der Waals surface area contributed by atoms with Gasteiger partial charge in [0.2, 0.25) is 5.96 Å². The molecule has 0 bridgehead atoms. The van der Waals surface area contributed by atoms with E-state index >= 15 is 0 Å². The number of hydrogen-bond acceptors (Lipinski definition) is 2. The van der Waals surface area contributed by atoms with Gasteiger partial charge in [-0.15, -0.1) is 6.42 Å². The molecule has 5 nitrogen and oxygen atoms in total. The van der Waals surface area contributed by atoms with Gasteiger partial charge in [0.25, 0.3) is 0 Å². The van der Waals surface area contributed by atoms with Gasteiger partial charge in [0, 0.05) is 26.5 Å². The molecule has 0 radical (unpaired) electrons. The average Bonchev–Trinajstić information content (AvgIpc) is 2.58. The molecule has 5 heteroatoms. The van der Waals surface area contributed by atoms with Crippen LogP contribution in [0.1, 0.15) is 12.6 Å². The molecule has 0 aliphatic heterocycles. The Morgan fingerprint density at radius 1 is 1.73 bits per heavy atom. The molecule has 1 N–H and O–H groups in total. The summed E-state index contributed by atoms with van der Waals surface area (Å²) >= 11 is 0. The monoisotopic (exact) mass is 203 g/mol. The number of guanidine groups is 1. The third-order valence-electron chi connectivity index (χ3n) is 1.68. The van der Waals surface area contributed by atoms with Crippen LogP contribution in [0.25, 0.3) is 0 Å². The SMILES string of the molecule is C#Cc1nn(C)cc1NC(/N=C\C)=N/C. The Morgan fingerprint density at radius 3 is 3.00 bits per heavy atom. The van der Waals surface area contributed by atoms with Gasteiger partial charge in [-0.2, -0.15) is 5.10 Å². The molecule has 0 unspecified atom stereocenters. The normalized spacial score (nSPS) is 11.7.